The van der Waals surface area contributed by atoms with E-state index >= 15 is 0 Å². The highest BCUT2D eigenvalue weighted by atomic mass is 35.5. The predicted octanol–water partition coefficient (Wildman–Crippen LogP) is 3.57. The molecule has 3 nitrogen and oxygen atoms in total. The van der Waals surface area contributed by atoms with Gasteiger partial charge in [-0.15, -0.1) is 0 Å². The van der Waals surface area contributed by atoms with Crippen LogP contribution in [-0.2, 0) is 0 Å². The highest BCUT2D eigenvalue weighted by Crippen LogP contribution is 2.32. The van der Waals surface area contributed by atoms with Crippen LogP contribution in [0.2, 0.25) is 5.15 Å². The molecule has 0 unspecified atom stereocenters. The molecule has 16 heavy (non-hydrogen) atoms. The third-order valence-electron chi connectivity index (χ3n) is 3.40. The number of nitrogens with zero attached hydrogens (tertiary/aromatic N) is 2. The first-order valence-corrected chi connectivity index (χ1v) is 6.24. The number of anilines is 1. The van der Waals surface area contributed by atoms with Crippen LogP contribution in [0.15, 0.2) is 6.33 Å². The van der Waals surface area contributed by atoms with Crippen molar-refractivity contribution in [1.29, 1.82) is 0 Å². The summed E-state index contributed by atoms with van der Waals surface area (Å²) in [6.07, 6.45) is 7.86. The number of nitrogens with one attached hydrogen (secondary N) is 1. The first kappa shape index (κ1) is 11.6. The second-order valence-corrected chi connectivity index (χ2v) is 5.24. The molecule has 88 valence electrons. The summed E-state index contributed by atoms with van der Waals surface area (Å²) in [5.74, 6) is 0.879. The fraction of sp³-hybridized carbons (Fsp3) is 0.667. The molecule has 4 heteroatoms. The molecule has 1 N–H and O–H groups in total. The zero-order chi connectivity index (χ0) is 11.6. The van der Waals surface area contributed by atoms with E-state index in [1.165, 1.54) is 38.4 Å². The van der Waals surface area contributed by atoms with Gasteiger partial charge in [-0.3, -0.25) is 0 Å². The quantitative estimate of drug-likeness (QED) is 0.802. The van der Waals surface area contributed by atoms with Gasteiger partial charge in [-0.25, -0.2) is 9.97 Å². The lowest BCUT2D eigenvalue weighted by molar-refractivity contribution is 0.348. The lowest BCUT2D eigenvalue weighted by atomic mass is 9.83. The normalized spacial score (nSPS) is 19.4. The van der Waals surface area contributed by atoms with Crippen LogP contribution in [0.1, 0.15) is 44.6 Å². The molecule has 0 bridgehead atoms. The van der Waals surface area contributed by atoms with E-state index in [0.717, 1.165) is 11.4 Å². The highest BCUT2D eigenvalue weighted by Gasteiger charge is 2.27. The second-order valence-electron chi connectivity index (χ2n) is 4.88. The minimum atomic E-state index is 0.167. The Morgan fingerprint density at radius 1 is 1.25 bits per heavy atom. The SMILES string of the molecule is Cc1c(Cl)ncnc1NC1(C)CCCCC1. The van der Waals surface area contributed by atoms with Crippen molar-refractivity contribution in [3.05, 3.63) is 17.0 Å². The monoisotopic (exact) mass is 239 g/mol. The number of hydrogen-bond donors (Lipinski definition) is 1. The summed E-state index contributed by atoms with van der Waals surface area (Å²) in [4.78, 5) is 8.24. The first-order chi connectivity index (χ1) is 7.61. The summed E-state index contributed by atoms with van der Waals surface area (Å²) >= 11 is 5.99. The topological polar surface area (TPSA) is 37.8 Å². The molecule has 0 spiro atoms. The van der Waals surface area contributed by atoms with Crippen LogP contribution in [0.25, 0.3) is 0 Å². The van der Waals surface area contributed by atoms with Crippen molar-refractivity contribution in [3.8, 4) is 0 Å². The molecular formula is C12H18ClN3. The van der Waals surface area contributed by atoms with Crippen molar-refractivity contribution in [2.75, 3.05) is 5.32 Å². The van der Waals surface area contributed by atoms with Gasteiger partial charge in [-0.1, -0.05) is 30.9 Å². The van der Waals surface area contributed by atoms with Gasteiger partial charge in [0.15, 0.2) is 0 Å². The third kappa shape index (κ3) is 2.46. The maximum absolute atomic E-state index is 5.99. The van der Waals surface area contributed by atoms with Crippen LogP contribution in [-0.4, -0.2) is 15.5 Å². The minimum Gasteiger partial charge on any atom is -0.365 e. The first-order valence-electron chi connectivity index (χ1n) is 5.86. The van der Waals surface area contributed by atoms with E-state index in [0.29, 0.717) is 5.15 Å². The Hall–Kier alpha value is -0.830. The Bertz CT molecular complexity index is 373. The highest BCUT2D eigenvalue weighted by molar-refractivity contribution is 6.30. The van der Waals surface area contributed by atoms with Gasteiger partial charge in [0.2, 0.25) is 0 Å². The molecule has 2 rings (SSSR count). The molecule has 0 aromatic carbocycles. The molecule has 1 fully saturated rings. The van der Waals surface area contributed by atoms with E-state index in [1.54, 1.807) is 0 Å². The Kier molecular flexibility index (Phi) is 3.33. The van der Waals surface area contributed by atoms with Gasteiger partial charge >= 0.3 is 0 Å². The maximum atomic E-state index is 5.99. The van der Waals surface area contributed by atoms with E-state index in [-0.39, 0.29) is 5.54 Å². The van der Waals surface area contributed by atoms with Gasteiger partial charge in [-0.2, -0.15) is 0 Å². The standard InChI is InChI=1S/C12H18ClN3/c1-9-10(13)14-8-15-11(9)16-12(2)6-4-3-5-7-12/h8H,3-7H2,1-2H3,(H,14,15,16). The lowest BCUT2D eigenvalue weighted by Gasteiger charge is -2.35. The summed E-state index contributed by atoms with van der Waals surface area (Å²) in [6.45, 7) is 4.22. The zero-order valence-corrected chi connectivity index (χ0v) is 10.6. The molecule has 0 atom stereocenters. The Morgan fingerprint density at radius 3 is 2.62 bits per heavy atom. The van der Waals surface area contributed by atoms with Crippen LogP contribution >= 0.6 is 11.6 Å². The predicted molar refractivity (Wildman–Crippen MR) is 66.9 cm³/mol. The van der Waals surface area contributed by atoms with E-state index < -0.39 is 0 Å². The van der Waals surface area contributed by atoms with E-state index in [1.807, 2.05) is 6.92 Å². The molecule has 1 aliphatic rings. The summed E-state index contributed by atoms with van der Waals surface area (Å²) < 4.78 is 0. The van der Waals surface area contributed by atoms with Crippen LogP contribution in [0, 0.1) is 6.92 Å². The van der Waals surface area contributed by atoms with Crippen LogP contribution in [0.3, 0.4) is 0 Å². The number of rotatable bonds is 2. The van der Waals surface area contributed by atoms with Gasteiger partial charge in [0.05, 0.1) is 0 Å². The number of aromatic nitrogens is 2. The maximum Gasteiger partial charge on any atom is 0.137 e. The van der Waals surface area contributed by atoms with Gasteiger partial charge in [0.1, 0.15) is 17.3 Å². The van der Waals surface area contributed by atoms with Gasteiger partial charge in [0, 0.05) is 11.1 Å². The molecule has 0 radical (unpaired) electrons. The summed E-state index contributed by atoms with van der Waals surface area (Å²) in [7, 11) is 0. The molecular weight excluding hydrogens is 222 g/mol. The van der Waals surface area contributed by atoms with Gasteiger partial charge in [0.25, 0.3) is 0 Å². The van der Waals surface area contributed by atoms with Crippen molar-refractivity contribution >= 4 is 17.4 Å². The molecule has 1 aromatic rings. The largest absolute Gasteiger partial charge is 0.365 e. The molecule has 1 saturated carbocycles. The molecule has 0 saturated heterocycles. The second kappa shape index (κ2) is 4.58. The summed E-state index contributed by atoms with van der Waals surface area (Å²) in [5.41, 5.74) is 1.11. The Morgan fingerprint density at radius 2 is 1.94 bits per heavy atom. The van der Waals surface area contributed by atoms with Crippen LogP contribution in [0.5, 0.6) is 0 Å². The summed E-state index contributed by atoms with van der Waals surface area (Å²) in [5, 5.41) is 4.07. The molecule has 1 aliphatic carbocycles. The number of hydrogen-bond acceptors (Lipinski definition) is 3. The van der Waals surface area contributed by atoms with Crippen LogP contribution in [0.4, 0.5) is 5.82 Å². The van der Waals surface area contributed by atoms with Gasteiger partial charge in [-0.05, 0) is 26.7 Å². The van der Waals surface area contributed by atoms with Crippen molar-refractivity contribution in [2.45, 2.75) is 51.5 Å². The van der Waals surface area contributed by atoms with Gasteiger partial charge < -0.3 is 5.32 Å². The fourth-order valence-corrected chi connectivity index (χ4v) is 2.43. The van der Waals surface area contributed by atoms with Crippen molar-refractivity contribution in [3.63, 3.8) is 0 Å². The van der Waals surface area contributed by atoms with E-state index in [2.05, 4.69) is 22.2 Å². The van der Waals surface area contributed by atoms with E-state index in [4.69, 9.17) is 11.6 Å². The number of halogens is 1. The van der Waals surface area contributed by atoms with Crippen molar-refractivity contribution in [2.24, 2.45) is 0 Å². The third-order valence-corrected chi connectivity index (χ3v) is 3.78. The zero-order valence-electron chi connectivity index (χ0n) is 9.89. The Labute approximate surface area is 102 Å². The summed E-state index contributed by atoms with van der Waals surface area (Å²) in [6, 6.07) is 0. The average Bonchev–Trinajstić information content (AvgIpc) is 2.26. The smallest absolute Gasteiger partial charge is 0.137 e. The molecule has 1 aromatic heterocycles. The molecule has 0 amide bonds. The lowest BCUT2D eigenvalue weighted by Crippen LogP contribution is -2.37. The fourth-order valence-electron chi connectivity index (χ4n) is 2.30. The van der Waals surface area contributed by atoms with E-state index in [9.17, 15) is 0 Å². The Balaban J connectivity index is 2.16. The van der Waals surface area contributed by atoms with Crippen molar-refractivity contribution in [1.82, 2.24) is 9.97 Å². The average molecular weight is 240 g/mol. The van der Waals surface area contributed by atoms with Crippen molar-refractivity contribution < 1.29 is 0 Å². The van der Waals surface area contributed by atoms with Crippen LogP contribution < -0.4 is 5.32 Å². The molecule has 1 heterocycles. The molecule has 0 aliphatic heterocycles. The minimum absolute atomic E-state index is 0.167.